The van der Waals surface area contributed by atoms with Gasteiger partial charge in [-0.05, 0) is 17.7 Å². The zero-order chi connectivity index (χ0) is 11.8. The Morgan fingerprint density at radius 2 is 2.06 bits per heavy atom. The highest BCUT2D eigenvalue weighted by Gasteiger charge is 2.06. The van der Waals surface area contributed by atoms with Gasteiger partial charge in [0.05, 0.1) is 6.20 Å². The number of fused-ring (bicyclic) bond motifs is 1. The van der Waals surface area contributed by atoms with Crippen molar-refractivity contribution in [3.8, 4) is 16.9 Å². The quantitative estimate of drug-likeness (QED) is 0.696. The predicted molar refractivity (Wildman–Crippen MR) is 60.0 cm³/mol. The van der Waals surface area contributed by atoms with E-state index in [1.807, 2.05) is 0 Å². The molecule has 0 fully saturated rings. The molecule has 0 radical (unpaired) electrons. The molecule has 0 atom stereocenters. The maximum atomic E-state index is 13.1. The molecule has 0 bridgehead atoms. The van der Waals surface area contributed by atoms with Gasteiger partial charge in [-0.2, -0.15) is 5.10 Å². The van der Waals surface area contributed by atoms with Gasteiger partial charge in [0.25, 0.3) is 0 Å². The summed E-state index contributed by atoms with van der Waals surface area (Å²) in [6, 6.07) is 6.23. The third-order valence-electron chi connectivity index (χ3n) is 2.50. The van der Waals surface area contributed by atoms with Crippen LogP contribution in [0.25, 0.3) is 16.8 Å². The van der Waals surface area contributed by atoms with E-state index in [1.165, 1.54) is 22.8 Å². The van der Waals surface area contributed by atoms with Crippen molar-refractivity contribution in [1.29, 1.82) is 0 Å². The van der Waals surface area contributed by atoms with E-state index < -0.39 is 0 Å². The molecule has 0 saturated heterocycles. The molecule has 5 heteroatoms. The Hall–Kier alpha value is -2.43. The van der Waals surface area contributed by atoms with E-state index >= 15 is 0 Å². The van der Waals surface area contributed by atoms with Gasteiger partial charge < -0.3 is 5.11 Å². The van der Waals surface area contributed by atoms with E-state index in [1.54, 1.807) is 24.5 Å². The van der Waals surface area contributed by atoms with Crippen LogP contribution in [0.4, 0.5) is 4.39 Å². The first kappa shape index (κ1) is 9.77. The second-order valence-electron chi connectivity index (χ2n) is 3.65. The fourth-order valence-electron chi connectivity index (χ4n) is 1.68. The van der Waals surface area contributed by atoms with E-state index in [2.05, 4.69) is 10.1 Å². The second-order valence-corrected chi connectivity index (χ2v) is 3.65. The maximum Gasteiger partial charge on any atom is 0.197 e. The van der Waals surface area contributed by atoms with Crippen molar-refractivity contribution < 1.29 is 9.50 Å². The van der Waals surface area contributed by atoms with Crippen LogP contribution < -0.4 is 0 Å². The van der Waals surface area contributed by atoms with Crippen molar-refractivity contribution in [2.75, 3.05) is 0 Å². The van der Waals surface area contributed by atoms with Crippen molar-refractivity contribution in [1.82, 2.24) is 14.6 Å². The molecule has 3 aromatic rings. The fraction of sp³-hybridized carbons (Fsp3) is 0. The smallest absolute Gasteiger partial charge is 0.197 e. The van der Waals surface area contributed by atoms with Crippen LogP contribution in [-0.4, -0.2) is 19.7 Å². The van der Waals surface area contributed by atoms with Gasteiger partial charge >= 0.3 is 0 Å². The Kier molecular flexibility index (Phi) is 2.04. The third kappa shape index (κ3) is 1.61. The second kappa shape index (κ2) is 3.55. The molecule has 0 aliphatic heterocycles. The number of hydrogen-bond donors (Lipinski definition) is 1. The number of aromatic nitrogens is 3. The molecule has 0 aliphatic rings. The van der Waals surface area contributed by atoms with Crippen molar-refractivity contribution in [2.24, 2.45) is 0 Å². The number of halogens is 1. The minimum absolute atomic E-state index is 0.0239. The summed E-state index contributed by atoms with van der Waals surface area (Å²) in [6.07, 6.45) is 4.58. The number of hydrogen-bond acceptors (Lipinski definition) is 3. The molecular formula is C12H8FN3O. The van der Waals surface area contributed by atoms with Crippen LogP contribution in [-0.2, 0) is 0 Å². The zero-order valence-corrected chi connectivity index (χ0v) is 8.71. The lowest BCUT2D eigenvalue weighted by Gasteiger charge is -2.01. The summed E-state index contributed by atoms with van der Waals surface area (Å²) in [5.41, 5.74) is 1.83. The summed E-state index contributed by atoms with van der Waals surface area (Å²) in [4.78, 5) is 4.07. The largest absolute Gasteiger partial charge is 0.503 e. The summed E-state index contributed by atoms with van der Waals surface area (Å²) in [5, 5.41) is 13.3. The lowest BCUT2D eigenvalue weighted by atomic mass is 10.1. The monoisotopic (exact) mass is 229 g/mol. The Morgan fingerprint density at radius 3 is 2.88 bits per heavy atom. The Bertz CT molecular complexity index is 693. The van der Waals surface area contributed by atoms with Crippen LogP contribution >= 0.6 is 0 Å². The Morgan fingerprint density at radius 1 is 1.18 bits per heavy atom. The summed E-state index contributed by atoms with van der Waals surface area (Å²) < 4.78 is 14.5. The lowest BCUT2D eigenvalue weighted by molar-refractivity contribution is 0.480. The molecule has 0 amide bonds. The van der Waals surface area contributed by atoms with E-state index in [4.69, 9.17) is 0 Å². The van der Waals surface area contributed by atoms with E-state index in [9.17, 15) is 9.50 Å². The van der Waals surface area contributed by atoms with E-state index in [0.29, 0.717) is 5.65 Å². The lowest BCUT2D eigenvalue weighted by Crippen LogP contribution is -1.91. The highest BCUT2D eigenvalue weighted by Crippen LogP contribution is 2.21. The molecule has 84 valence electrons. The van der Waals surface area contributed by atoms with Gasteiger partial charge in [-0.3, -0.25) is 0 Å². The van der Waals surface area contributed by atoms with Gasteiger partial charge in [-0.1, -0.05) is 12.1 Å². The average Bonchev–Trinajstić information content (AvgIpc) is 2.71. The number of rotatable bonds is 1. The SMILES string of the molecule is Oc1cnn2cc(-c3cccc(F)c3)cnc12. The standard InChI is InChI=1S/C12H8FN3O/c13-10-3-1-2-8(4-10)9-5-14-12-11(17)6-15-16(12)7-9/h1-7,17H. The molecule has 0 spiro atoms. The van der Waals surface area contributed by atoms with Crippen LogP contribution in [0.15, 0.2) is 42.9 Å². The van der Waals surface area contributed by atoms with Gasteiger partial charge in [0, 0.05) is 18.0 Å². The van der Waals surface area contributed by atoms with Crippen LogP contribution in [0.2, 0.25) is 0 Å². The molecule has 0 saturated carbocycles. The average molecular weight is 229 g/mol. The summed E-state index contributed by atoms with van der Waals surface area (Å²) in [5.74, 6) is -0.276. The van der Waals surface area contributed by atoms with Gasteiger partial charge in [0.15, 0.2) is 11.4 Å². The van der Waals surface area contributed by atoms with Crippen LogP contribution in [0.3, 0.4) is 0 Å². The van der Waals surface area contributed by atoms with Crippen molar-refractivity contribution >= 4 is 5.65 Å². The fourth-order valence-corrected chi connectivity index (χ4v) is 1.68. The topological polar surface area (TPSA) is 50.4 Å². The first-order valence-corrected chi connectivity index (χ1v) is 5.02. The molecule has 3 rings (SSSR count). The number of benzene rings is 1. The normalized spacial score (nSPS) is 10.9. The first-order chi connectivity index (χ1) is 8.24. The molecule has 1 aromatic carbocycles. The van der Waals surface area contributed by atoms with Gasteiger partial charge in [0.2, 0.25) is 0 Å². The molecule has 17 heavy (non-hydrogen) atoms. The first-order valence-electron chi connectivity index (χ1n) is 5.02. The number of nitrogens with zero attached hydrogens (tertiary/aromatic N) is 3. The highest BCUT2D eigenvalue weighted by atomic mass is 19.1. The van der Waals surface area contributed by atoms with Gasteiger partial charge in [0.1, 0.15) is 5.82 Å². The van der Waals surface area contributed by atoms with Crippen LogP contribution in [0, 0.1) is 5.82 Å². The zero-order valence-electron chi connectivity index (χ0n) is 8.71. The molecule has 0 unspecified atom stereocenters. The van der Waals surface area contributed by atoms with Crippen LogP contribution in [0.1, 0.15) is 0 Å². The summed E-state index contributed by atoms with van der Waals surface area (Å²) in [7, 11) is 0. The molecule has 4 nitrogen and oxygen atoms in total. The molecule has 0 aliphatic carbocycles. The minimum Gasteiger partial charge on any atom is -0.503 e. The Balaban J connectivity index is 2.18. The molecular weight excluding hydrogens is 221 g/mol. The van der Waals surface area contributed by atoms with Crippen LogP contribution in [0.5, 0.6) is 5.75 Å². The van der Waals surface area contributed by atoms with Gasteiger partial charge in [-0.15, -0.1) is 0 Å². The highest BCUT2D eigenvalue weighted by molar-refractivity contribution is 5.64. The minimum atomic E-state index is -0.300. The molecule has 2 aromatic heterocycles. The molecule has 2 heterocycles. The van der Waals surface area contributed by atoms with Crippen molar-refractivity contribution in [2.45, 2.75) is 0 Å². The summed E-state index contributed by atoms with van der Waals surface area (Å²) >= 11 is 0. The van der Waals surface area contributed by atoms with Crippen molar-refractivity contribution in [3.63, 3.8) is 0 Å². The third-order valence-corrected chi connectivity index (χ3v) is 2.50. The maximum absolute atomic E-state index is 13.1. The molecule has 1 N–H and O–H groups in total. The Labute approximate surface area is 96.0 Å². The van der Waals surface area contributed by atoms with Crippen molar-refractivity contribution in [3.05, 3.63) is 48.7 Å². The van der Waals surface area contributed by atoms with E-state index in [0.717, 1.165) is 11.1 Å². The van der Waals surface area contributed by atoms with Gasteiger partial charge in [-0.25, -0.2) is 13.9 Å². The predicted octanol–water partition coefficient (Wildman–Crippen LogP) is 2.24. The number of aromatic hydroxyl groups is 1. The summed E-state index contributed by atoms with van der Waals surface area (Å²) in [6.45, 7) is 0. The van der Waals surface area contributed by atoms with E-state index in [-0.39, 0.29) is 11.6 Å².